The molecule has 0 radical (unpaired) electrons. The monoisotopic (exact) mass is 550 g/mol. The number of H-pyrrole nitrogens is 1. The minimum Gasteiger partial charge on any atom is -0.493 e. The average Bonchev–Trinajstić information content (AvgIpc) is 3.25. The Kier molecular flexibility index (Phi) is 11.8. The van der Waals surface area contributed by atoms with Gasteiger partial charge in [0.25, 0.3) is 0 Å². The SMILES string of the molecule is COCCCOc1cccc(-c2cccc3[nH]c(C(=O)O)cc23)c1.NC1CCN(CCN2CCCCCC2)CC1. The molecular weight excluding hydrogens is 504 g/mol. The molecule has 40 heavy (non-hydrogen) atoms. The second kappa shape index (κ2) is 15.8. The topological polar surface area (TPSA) is 104 Å². The van der Waals surface area contributed by atoms with Gasteiger partial charge in [0, 0.05) is 50.2 Å². The minimum atomic E-state index is -0.965. The van der Waals surface area contributed by atoms with Crippen molar-refractivity contribution in [2.45, 2.75) is 51.0 Å². The van der Waals surface area contributed by atoms with E-state index in [-0.39, 0.29) is 5.69 Å². The predicted molar refractivity (Wildman–Crippen MR) is 161 cm³/mol. The summed E-state index contributed by atoms with van der Waals surface area (Å²) in [4.78, 5) is 19.4. The van der Waals surface area contributed by atoms with Crippen molar-refractivity contribution in [2.24, 2.45) is 5.73 Å². The van der Waals surface area contributed by atoms with Gasteiger partial charge in [-0.05, 0) is 87.3 Å². The van der Waals surface area contributed by atoms with E-state index in [2.05, 4.69) is 14.8 Å². The lowest BCUT2D eigenvalue weighted by molar-refractivity contribution is 0.0691. The van der Waals surface area contributed by atoms with Crippen LogP contribution in [-0.2, 0) is 4.74 Å². The molecule has 0 spiro atoms. The van der Waals surface area contributed by atoms with Gasteiger partial charge in [0.05, 0.1) is 6.61 Å². The van der Waals surface area contributed by atoms with Gasteiger partial charge >= 0.3 is 5.97 Å². The van der Waals surface area contributed by atoms with Gasteiger partial charge in [-0.25, -0.2) is 4.79 Å². The van der Waals surface area contributed by atoms with E-state index in [1.54, 1.807) is 13.2 Å². The van der Waals surface area contributed by atoms with E-state index in [4.69, 9.17) is 15.2 Å². The summed E-state index contributed by atoms with van der Waals surface area (Å²) in [5.74, 6) is -0.179. The number of aromatic carboxylic acids is 1. The summed E-state index contributed by atoms with van der Waals surface area (Å²) in [7, 11) is 1.67. The van der Waals surface area contributed by atoms with Crippen molar-refractivity contribution in [3.05, 3.63) is 54.2 Å². The molecule has 8 heteroatoms. The van der Waals surface area contributed by atoms with Crippen molar-refractivity contribution in [2.75, 3.05) is 59.6 Å². The first kappa shape index (κ1) is 30.1. The highest BCUT2D eigenvalue weighted by molar-refractivity contribution is 6.00. The largest absolute Gasteiger partial charge is 0.493 e. The second-order valence-corrected chi connectivity index (χ2v) is 10.9. The molecule has 0 saturated carbocycles. The van der Waals surface area contributed by atoms with Crippen LogP contribution in [0.1, 0.15) is 55.4 Å². The van der Waals surface area contributed by atoms with E-state index >= 15 is 0 Å². The molecule has 3 heterocycles. The number of fused-ring (bicyclic) bond motifs is 1. The number of carbonyl (C=O) groups is 1. The number of carboxylic acid groups (broad SMARTS) is 1. The molecule has 0 amide bonds. The number of nitrogens with two attached hydrogens (primary N) is 1. The number of aromatic amines is 1. The number of benzene rings is 2. The number of nitrogens with zero attached hydrogens (tertiary/aromatic N) is 2. The highest BCUT2D eigenvalue weighted by atomic mass is 16.5. The van der Waals surface area contributed by atoms with Crippen LogP contribution in [0.3, 0.4) is 0 Å². The molecule has 0 unspecified atom stereocenters. The molecule has 1 aromatic heterocycles. The standard InChI is InChI=1S/C19H19NO4.C13H27N3/c1-23-9-4-10-24-14-6-2-5-13(11-14)15-7-3-8-17-16(15)12-18(20-17)19(21)22;14-13-5-9-16(10-6-13)12-11-15-7-3-1-2-4-8-15/h2-3,5-8,11-12,20H,4,9-10H2,1H3,(H,21,22);13H,1-12,14H2. The van der Waals surface area contributed by atoms with Crippen LogP contribution in [0.5, 0.6) is 5.75 Å². The van der Waals surface area contributed by atoms with Gasteiger partial charge in [0.15, 0.2) is 0 Å². The number of hydrogen-bond donors (Lipinski definition) is 3. The van der Waals surface area contributed by atoms with Crippen LogP contribution in [-0.4, -0.2) is 91.5 Å². The quantitative estimate of drug-likeness (QED) is 0.297. The maximum Gasteiger partial charge on any atom is 0.352 e. The third kappa shape index (κ3) is 9.06. The van der Waals surface area contributed by atoms with Gasteiger partial charge in [-0.2, -0.15) is 0 Å². The summed E-state index contributed by atoms with van der Waals surface area (Å²) >= 11 is 0. The lowest BCUT2D eigenvalue weighted by Crippen LogP contribution is -2.43. The molecule has 218 valence electrons. The van der Waals surface area contributed by atoms with E-state index in [1.807, 2.05) is 42.5 Å². The van der Waals surface area contributed by atoms with Crippen LogP contribution < -0.4 is 10.5 Å². The Morgan fingerprint density at radius 1 is 0.950 bits per heavy atom. The average molecular weight is 551 g/mol. The number of methoxy groups -OCH3 is 1. The molecule has 2 aliphatic heterocycles. The zero-order valence-electron chi connectivity index (χ0n) is 23.9. The number of likely N-dealkylation sites (tertiary alicyclic amines) is 2. The molecule has 5 rings (SSSR count). The number of nitrogens with one attached hydrogen (secondary N) is 1. The summed E-state index contributed by atoms with van der Waals surface area (Å²) in [5, 5.41) is 10.1. The fourth-order valence-electron chi connectivity index (χ4n) is 5.49. The Hall–Kier alpha value is -2.91. The second-order valence-electron chi connectivity index (χ2n) is 10.9. The number of hydrogen-bond acceptors (Lipinski definition) is 6. The Morgan fingerprint density at radius 3 is 2.35 bits per heavy atom. The Labute approximate surface area is 238 Å². The highest BCUT2D eigenvalue weighted by Crippen LogP contribution is 2.31. The minimum absolute atomic E-state index is 0.185. The Bertz CT molecular complexity index is 1180. The number of piperidine rings is 1. The molecule has 2 saturated heterocycles. The van der Waals surface area contributed by atoms with E-state index < -0.39 is 5.97 Å². The van der Waals surface area contributed by atoms with Crippen LogP contribution in [0.25, 0.3) is 22.0 Å². The van der Waals surface area contributed by atoms with Crippen molar-refractivity contribution in [3.8, 4) is 16.9 Å². The summed E-state index contributed by atoms with van der Waals surface area (Å²) in [6, 6.07) is 15.7. The smallest absolute Gasteiger partial charge is 0.352 e. The van der Waals surface area contributed by atoms with Gasteiger partial charge < -0.3 is 35.1 Å². The normalized spacial score (nSPS) is 17.2. The van der Waals surface area contributed by atoms with Crippen molar-refractivity contribution in [1.82, 2.24) is 14.8 Å². The van der Waals surface area contributed by atoms with Gasteiger partial charge in [0.2, 0.25) is 0 Å². The van der Waals surface area contributed by atoms with Crippen LogP contribution >= 0.6 is 0 Å². The van der Waals surface area contributed by atoms with Crippen LogP contribution in [0, 0.1) is 0 Å². The molecule has 0 bridgehead atoms. The maximum absolute atomic E-state index is 11.2. The van der Waals surface area contributed by atoms with Gasteiger partial charge in [0.1, 0.15) is 11.4 Å². The summed E-state index contributed by atoms with van der Waals surface area (Å²) in [6.07, 6.45) is 8.91. The molecule has 2 aliphatic rings. The third-order valence-corrected chi connectivity index (χ3v) is 7.86. The van der Waals surface area contributed by atoms with E-state index in [0.717, 1.165) is 34.2 Å². The Morgan fingerprint density at radius 2 is 1.65 bits per heavy atom. The van der Waals surface area contributed by atoms with E-state index in [0.29, 0.717) is 19.3 Å². The first-order valence-electron chi connectivity index (χ1n) is 14.8. The Balaban J connectivity index is 0.000000201. The predicted octanol–water partition coefficient (Wildman–Crippen LogP) is 5.23. The third-order valence-electron chi connectivity index (χ3n) is 7.86. The van der Waals surface area contributed by atoms with Gasteiger partial charge in [-0.3, -0.25) is 0 Å². The van der Waals surface area contributed by atoms with Gasteiger partial charge in [-0.15, -0.1) is 0 Å². The lowest BCUT2D eigenvalue weighted by atomic mass is 10.0. The fourth-order valence-corrected chi connectivity index (χ4v) is 5.49. The summed E-state index contributed by atoms with van der Waals surface area (Å²) in [6.45, 7) is 8.88. The zero-order chi connectivity index (χ0) is 28.2. The van der Waals surface area contributed by atoms with Crippen molar-refractivity contribution < 1.29 is 19.4 Å². The molecule has 2 aromatic carbocycles. The molecular formula is C32H46N4O4. The van der Waals surface area contributed by atoms with Crippen molar-refractivity contribution in [1.29, 1.82) is 0 Å². The van der Waals surface area contributed by atoms with Crippen LogP contribution in [0.15, 0.2) is 48.5 Å². The number of aromatic nitrogens is 1. The molecule has 0 atom stereocenters. The molecule has 0 aliphatic carbocycles. The number of rotatable bonds is 10. The van der Waals surface area contributed by atoms with Gasteiger partial charge in [-0.1, -0.05) is 37.1 Å². The number of ether oxygens (including phenoxy) is 2. The van der Waals surface area contributed by atoms with E-state index in [9.17, 15) is 9.90 Å². The van der Waals surface area contributed by atoms with E-state index in [1.165, 1.54) is 77.8 Å². The molecule has 4 N–H and O–H groups in total. The van der Waals surface area contributed by atoms with Crippen LogP contribution in [0.2, 0.25) is 0 Å². The molecule has 2 fully saturated rings. The van der Waals surface area contributed by atoms with Crippen molar-refractivity contribution >= 4 is 16.9 Å². The summed E-state index contributed by atoms with van der Waals surface area (Å²) < 4.78 is 10.8. The first-order valence-corrected chi connectivity index (χ1v) is 14.8. The highest BCUT2D eigenvalue weighted by Gasteiger charge is 2.17. The van der Waals surface area contributed by atoms with Crippen LogP contribution in [0.4, 0.5) is 0 Å². The lowest BCUT2D eigenvalue weighted by Gasteiger charge is -2.32. The first-order chi connectivity index (χ1) is 19.5. The van der Waals surface area contributed by atoms with Crippen molar-refractivity contribution in [3.63, 3.8) is 0 Å². The fraction of sp³-hybridized carbons (Fsp3) is 0.531. The summed E-state index contributed by atoms with van der Waals surface area (Å²) in [5.41, 5.74) is 8.86. The molecule has 8 nitrogen and oxygen atoms in total. The number of carboxylic acids is 1. The maximum atomic E-state index is 11.2. The molecule has 3 aromatic rings. The zero-order valence-corrected chi connectivity index (χ0v) is 23.9.